The number of hydrogen-bond acceptors (Lipinski definition) is 5. The van der Waals surface area contributed by atoms with Crippen LogP contribution >= 0.6 is 11.6 Å². The highest BCUT2D eigenvalue weighted by Gasteiger charge is 2.05. The Balaban J connectivity index is 1.83. The number of nitrogens with one attached hydrogen (secondary N) is 1. The van der Waals surface area contributed by atoms with Crippen LogP contribution in [-0.2, 0) is 0 Å². The third-order valence-electron chi connectivity index (χ3n) is 2.49. The molecule has 1 aromatic carbocycles. The number of halogens is 1. The summed E-state index contributed by atoms with van der Waals surface area (Å²) in [7, 11) is 0. The molecule has 0 aliphatic heterocycles. The van der Waals surface area contributed by atoms with Crippen LogP contribution in [0.3, 0.4) is 0 Å². The first-order valence-electron chi connectivity index (χ1n) is 6.05. The van der Waals surface area contributed by atoms with Crippen molar-refractivity contribution in [3.8, 4) is 11.8 Å². The fourth-order valence-corrected chi connectivity index (χ4v) is 1.64. The standard InChI is InChI=1S/C14H13ClN4O/c1-10(20-13-4-2-11(15)3-5-13)7-18-14-9-17-12(6-16)8-19-14/h2-5,8-10H,7H2,1H3,(H,18,19). The predicted octanol–water partition coefficient (Wildman–Crippen LogP) is 2.88. The van der Waals surface area contributed by atoms with E-state index in [2.05, 4.69) is 15.3 Å². The molecule has 2 rings (SSSR count). The van der Waals surface area contributed by atoms with Crippen molar-refractivity contribution >= 4 is 17.4 Å². The summed E-state index contributed by atoms with van der Waals surface area (Å²) in [6.45, 7) is 2.52. The Morgan fingerprint density at radius 3 is 2.65 bits per heavy atom. The Morgan fingerprint density at radius 1 is 1.30 bits per heavy atom. The predicted molar refractivity (Wildman–Crippen MR) is 76.8 cm³/mol. The molecule has 0 aliphatic rings. The Kier molecular flexibility index (Phi) is 4.75. The molecule has 1 aromatic heterocycles. The summed E-state index contributed by atoms with van der Waals surface area (Å²) in [5.41, 5.74) is 0.293. The van der Waals surface area contributed by atoms with Crippen molar-refractivity contribution < 1.29 is 4.74 Å². The van der Waals surface area contributed by atoms with Crippen LogP contribution in [0.5, 0.6) is 5.75 Å². The molecule has 102 valence electrons. The van der Waals surface area contributed by atoms with Gasteiger partial charge < -0.3 is 10.1 Å². The molecule has 0 amide bonds. The van der Waals surface area contributed by atoms with Gasteiger partial charge in [0, 0.05) is 5.02 Å². The van der Waals surface area contributed by atoms with E-state index in [1.165, 1.54) is 12.4 Å². The first kappa shape index (κ1) is 14.1. The second kappa shape index (κ2) is 6.73. The molecule has 6 heteroatoms. The third-order valence-corrected chi connectivity index (χ3v) is 2.74. The summed E-state index contributed by atoms with van der Waals surface area (Å²) in [5, 5.41) is 12.4. The lowest BCUT2D eigenvalue weighted by Gasteiger charge is -2.15. The van der Waals surface area contributed by atoms with Crippen LogP contribution in [0.1, 0.15) is 12.6 Å². The summed E-state index contributed by atoms with van der Waals surface area (Å²) in [4.78, 5) is 8.00. The number of nitrogens with zero attached hydrogens (tertiary/aromatic N) is 3. The van der Waals surface area contributed by atoms with E-state index in [4.69, 9.17) is 21.6 Å². The summed E-state index contributed by atoms with van der Waals surface area (Å²) in [6.07, 6.45) is 2.90. The number of ether oxygens (including phenoxy) is 1. The lowest BCUT2D eigenvalue weighted by molar-refractivity contribution is 0.234. The van der Waals surface area contributed by atoms with Gasteiger partial charge in [-0.25, -0.2) is 9.97 Å². The van der Waals surface area contributed by atoms with E-state index in [9.17, 15) is 0 Å². The van der Waals surface area contributed by atoms with Gasteiger partial charge in [0.05, 0.1) is 18.9 Å². The third kappa shape index (κ3) is 4.11. The SMILES string of the molecule is CC(CNc1cnc(C#N)cn1)Oc1ccc(Cl)cc1. The summed E-state index contributed by atoms with van der Waals surface area (Å²) in [6, 6.07) is 9.12. The lowest BCUT2D eigenvalue weighted by Crippen LogP contribution is -2.23. The molecule has 1 N–H and O–H groups in total. The highest BCUT2D eigenvalue weighted by Crippen LogP contribution is 2.16. The monoisotopic (exact) mass is 288 g/mol. The number of nitriles is 1. The van der Waals surface area contributed by atoms with Crippen LogP contribution in [0, 0.1) is 11.3 Å². The van der Waals surface area contributed by atoms with Gasteiger partial charge in [0.2, 0.25) is 0 Å². The van der Waals surface area contributed by atoms with E-state index < -0.39 is 0 Å². The Bertz CT molecular complexity index is 592. The van der Waals surface area contributed by atoms with Crippen molar-refractivity contribution in [2.45, 2.75) is 13.0 Å². The van der Waals surface area contributed by atoms with Gasteiger partial charge in [-0.05, 0) is 31.2 Å². The van der Waals surface area contributed by atoms with Gasteiger partial charge in [-0.2, -0.15) is 5.26 Å². The summed E-state index contributed by atoms with van der Waals surface area (Å²) < 4.78 is 5.71. The van der Waals surface area contributed by atoms with Gasteiger partial charge in [-0.1, -0.05) is 11.6 Å². The number of hydrogen-bond donors (Lipinski definition) is 1. The van der Waals surface area contributed by atoms with E-state index in [1.807, 2.05) is 25.1 Å². The van der Waals surface area contributed by atoms with Crippen LogP contribution in [0.25, 0.3) is 0 Å². The van der Waals surface area contributed by atoms with Crippen LogP contribution in [0.4, 0.5) is 5.82 Å². The zero-order chi connectivity index (χ0) is 14.4. The average molecular weight is 289 g/mol. The molecule has 0 fully saturated rings. The van der Waals surface area contributed by atoms with Crippen LogP contribution in [0.15, 0.2) is 36.7 Å². The Morgan fingerprint density at radius 2 is 2.05 bits per heavy atom. The highest BCUT2D eigenvalue weighted by atomic mass is 35.5. The molecule has 1 unspecified atom stereocenters. The Labute approximate surface area is 122 Å². The van der Waals surface area contributed by atoms with Crippen molar-refractivity contribution in [2.24, 2.45) is 0 Å². The summed E-state index contributed by atoms with van der Waals surface area (Å²) >= 11 is 5.81. The van der Waals surface area contributed by atoms with Crippen molar-refractivity contribution in [3.05, 3.63) is 47.4 Å². The molecule has 1 atom stereocenters. The van der Waals surface area contributed by atoms with Crippen molar-refractivity contribution in [1.29, 1.82) is 5.26 Å². The molecular formula is C14H13ClN4O. The fourth-order valence-electron chi connectivity index (χ4n) is 1.51. The lowest BCUT2D eigenvalue weighted by atomic mass is 10.3. The molecule has 0 spiro atoms. The molecular weight excluding hydrogens is 276 g/mol. The van der Waals surface area contributed by atoms with Crippen LogP contribution < -0.4 is 10.1 Å². The number of aromatic nitrogens is 2. The smallest absolute Gasteiger partial charge is 0.158 e. The molecule has 0 bridgehead atoms. The molecule has 1 heterocycles. The molecule has 2 aromatic rings. The van der Waals surface area contributed by atoms with E-state index >= 15 is 0 Å². The normalized spacial score (nSPS) is 11.4. The average Bonchev–Trinajstić information content (AvgIpc) is 2.48. The van der Waals surface area contributed by atoms with Crippen molar-refractivity contribution in [2.75, 3.05) is 11.9 Å². The maximum Gasteiger partial charge on any atom is 0.158 e. The number of benzene rings is 1. The number of anilines is 1. The van der Waals surface area contributed by atoms with Crippen molar-refractivity contribution in [1.82, 2.24) is 9.97 Å². The quantitative estimate of drug-likeness (QED) is 0.916. The van der Waals surface area contributed by atoms with Gasteiger partial charge >= 0.3 is 0 Å². The maximum atomic E-state index is 8.63. The minimum Gasteiger partial charge on any atom is -0.489 e. The van der Waals surface area contributed by atoms with Crippen LogP contribution in [-0.4, -0.2) is 22.6 Å². The van der Waals surface area contributed by atoms with Gasteiger partial charge in [-0.15, -0.1) is 0 Å². The second-order valence-corrected chi connectivity index (χ2v) is 4.60. The van der Waals surface area contributed by atoms with E-state index in [0.29, 0.717) is 23.1 Å². The zero-order valence-electron chi connectivity index (χ0n) is 10.9. The molecule has 0 saturated heterocycles. The molecule has 20 heavy (non-hydrogen) atoms. The molecule has 0 aliphatic carbocycles. The Hall–Kier alpha value is -2.32. The second-order valence-electron chi connectivity index (χ2n) is 4.16. The van der Waals surface area contributed by atoms with Gasteiger partial charge in [0.15, 0.2) is 5.69 Å². The molecule has 0 radical (unpaired) electrons. The van der Waals surface area contributed by atoms with Gasteiger partial charge in [-0.3, -0.25) is 0 Å². The molecule has 5 nitrogen and oxygen atoms in total. The minimum absolute atomic E-state index is 0.0476. The maximum absolute atomic E-state index is 8.63. The fraction of sp³-hybridized carbons (Fsp3) is 0.214. The highest BCUT2D eigenvalue weighted by molar-refractivity contribution is 6.30. The first-order chi connectivity index (χ1) is 9.67. The van der Waals surface area contributed by atoms with E-state index in [0.717, 1.165) is 5.75 Å². The van der Waals surface area contributed by atoms with Gasteiger partial charge in [0.1, 0.15) is 23.7 Å². The van der Waals surface area contributed by atoms with Crippen molar-refractivity contribution in [3.63, 3.8) is 0 Å². The number of rotatable bonds is 5. The van der Waals surface area contributed by atoms with Gasteiger partial charge in [0.25, 0.3) is 0 Å². The molecule has 0 saturated carbocycles. The van der Waals surface area contributed by atoms with E-state index in [1.54, 1.807) is 12.1 Å². The zero-order valence-corrected chi connectivity index (χ0v) is 11.6. The largest absolute Gasteiger partial charge is 0.489 e. The van der Waals surface area contributed by atoms with Crippen LogP contribution in [0.2, 0.25) is 5.02 Å². The summed E-state index contributed by atoms with van der Waals surface area (Å²) in [5.74, 6) is 1.37. The first-order valence-corrected chi connectivity index (χ1v) is 6.43. The minimum atomic E-state index is -0.0476. The topological polar surface area (TPSA) is 70.8 Å². The van der Waals surface area contributed by atoms with E-state index in [-0.39, 0.29) is 6.10 Å².